The van der Waals surface area contributed by atoms with Crippen LogP contribution in [0.3, 0.4) is 0 Å². The summed E-state index contributed by atoms with van der Waals surface area (Å²) < 4.78 is 5.66. The summed E-state index contributed by atoms with van der Waals surface area (Å²) in [4.78, 5) is 14.3. The van der Waals surface area contributed by atoms with Crippen LogP contribution in [0.2, 0.25) is 5.02 Å². The second-order valence-electron chi connectivity index (χ2n) is 6.48. The van der Waals surface area contributed by atoms with E-state index >= 15 is 0 Å². The summed E-state index contributed by atoms with van der Waals surface area (Å²) in [5, 5.41) is 3.72. The Bertz CT molecular complexity index is 703. The van der Waals surface area contributed by atoms with Crippen LogP contribution in [0.5, 0.6) is 5.75 Å². The van der Waals surface area contributed by atoms with Crippen LogP contribution in [-0.2, 0) is 4.79 Å². The van der Waals surface area contributed by atoms with Crippen LogP contribution >= 0.6 is 11.6 Å². The number of halogens is 1. The van der Waals surface area contributed by atoms with Gasteiger partial charge in [0.05, 0.1) is 6.54 Å². The molecule has 4 nitrogen and oxygen atoms in total. The third kappa shape index (κ3) is 6.36. The molecule has 2 aromatic carbocycles. The van der Waals surface area contributed by atoms with E-state index in [0.717, 1.165) is 17.9 Å². The molecule has 0 aromatic heterocycles. The number of ether oxygens (including phenoxy) is 1. The van der Waals surface area contributed by atoms with Crippen molar-refractivity contribution >= 4 is 23.2 Å². The van der Waals surface area contributed by atoms with E-state index in [1.165, 1.54) is 5.56 Å². The third-order valence-electron chi connectivity index (χ3n) is 4.35. The van der Waals surface area contributed by atoms with Crippen molar-refractivity contribution in [3.05, 3.63) is 59.1 Å². The monoisotopic (exact) mass is 374 g/mol. The maximum Gasteiger partial charge on any atom is 0.238 e. The van der Waals surface area contributed by atoms with Gasteiger partial charge in [-0.2, -0.15) is 0 Å². The highest BCUT2D eigenvalue weighted by Gasteiger charge is 2.12. The highest BCUT2D eigenvalue weighted by molar-refractivity contribution is 6.30. The van der Waals surface area contributed by atoms with E-state index in [0.29, 0.717) is 30.6 Å². The minimum Gasteiger partial charge on any atom is -0.492 e. The first-order valence-electron chi connectivity index (χ1n) is 8.95. The predicted octanol–water partition coefficient (Wildman–Crippen LogP) is 4.80. The van der Waals surface area contributed by atoms with E-state index in [-0.39, 0.29) is 5.91 Å². The van der Waals surface area contributed by atoms with Gasteiger partial charge in [0.25, 0.3) is 0 Å². The summed E-state index contributed by atoms with van der Waals surface area (Å²) in [7, 11) is 1.91. The molecule has 2 aromatic rings. The Kier molecular flexibility index (Phi) is 7.95. The molecule has 0 heterocycles. The minimum absolute atomic E-state index is 0.0188. The molecule has 5 heteroatoms. The highest BCUT2D eigenvalue weighted by atomic mass is 35.5. The molecular weight excluding hydrogens is 348 g/mol. The minimum atomic E-state index is -0.0188. The predicted molar refractivity (Wildman–Crippen MR) is 108 cm³/mol. The van der Waals surface area contributed by atoms with Crippen LogP contribution in [0.15, 0.2) is 48.5 Å². The van der Waals surface area contributed by atoms with E-state index < -0.39 is 0 Å². The first kappa shape index (κ1) is 20.3. The molecule has 140 valence electrons. The number of carbonyl (C=O) groups is 1. The third-order valence-corrected chi connectivity index (χ3v) is 4.60. The number of rotatable bonds is 9. The molecule has 0 aliphatic rings. The fourth-order valence-corrected chi connectivity index (χ4v) is 2.75. The SMILES string of the molecule is CC[C@H](C)c1ccccc1NC(=O)CN(C)CCOc1ccc(Cl)cc1. The number of nitrogens with one attached hydrogen (secondary N) is 1. The molecule has 26 heavy (non-hydrogen) atoms. The van der Waals surface area contributed by atoms with Crippen molar-refractivity contribution in [2.24, 2.45) is 0 Å². The molecule has 1 atom stereocenters. The molecule has 0 radical (unpaired) electrons. The molecule has 0 saturated carbocycles. The van der Waals surface area contributed by atoms with Crippen LogP contribution in [-0.4, -0.2) is 37.6 Å². The lowest BCUT2D eigenvalue weighted by Crippen LogP contribution is -2.33. The van der Waals surface area contributed by atoms with Gasteiger partial charge in [0, 0.05) is 17.3 Å². The van der Waals surface area contributed by atoms with Gasteiger partial charge in [-0.3, -0.25) is 9.69 Å². The van der Waals surface area contributed by atoms with Gasteiger partial charge in [-0.1, -0.05) is 43.6 Å². The average molecular weight is 375 g/mol. The van der Waals surface area contributed by atoms with Crippen molar-refractivity contribution in [2.75, 3.05) is 32.1 Å². The molecule has 0 fully saturated rings. The molecule has 1 amide bonds. The zero-order valence-corrected chi connectivity index (χ0v) is 16.4. The van der Waals surface area contributed by atoms with E-state index in [9.17, 15) is 4.79 Å². The first-order valence-corrected chi connectivity index (χ1v) is 9.33. The lowest BCUT2D eigenvalue weighted by atomic mass is 9.97. The molecule has 0 saturated heterocycles. The summed E-state index contributed by atoms with van der Waals surface area (Å²) in [5.41, 5.74) is 2.08. The van der Waals surface area contributed by atoms with E-state index in [4.69, 9.17) is 16.3 Å². The fraction of sp³-hybridized carbons (Fsp3) is 0.381. The van der Waals surface area contributed by atoms with Gasteiger partial charge in [-0.15, -0.1) is 0 Å². The number of hydrogen-bond donors (Lipinski definition) is 1. The Morgan fingerprint density at radius 3 is 2.58 bits per heavy atom. The lowest BCUT2D eigenvalue weighted by molar-refractivity contribution is -0.117. The number of benzene rings is 2. The average Bonchev–Trinajstić information content (AvgIpc) is 2.63. The van der Waals surface area contributed by atoms with Crippen LogP contribution in [0.25, 0.3) is 0 Å². The molecule has 1 N–H and O–H groups in total. The zero-order valence-electron chi connectivity index (χ0n) is 15.7. The number of para-hydroxylation sites is 1. The maximum absolute atomic E-state index is 12.3. The quantitative estimate of drug-likeness (QED) is 0.685. The molecule has 2 rings (SSSR count). The number of amides is 1. The summed E-state index contributed by atoms with van der Waals surface area (Å²) >= 11 is 5.85. The Labute approximate surface area is 161 Å². The van der Waals surface area contributed by atoms with Gasteiger partial charge in [-0.25, -0.2) is 0 Å². The van der Waals surface area contributed by atoms with Gasteiger partial charge in [-0.05, 0) is 55.3 Å². The Morgan fingerprint density at radius 2 is 1.88 bits per heavy atom. The molecule has 0 aliphatic carbocycles. The van der Waals surface area contributed by atoms with Gasteiger partial charge in [0.1, 0.15) is 12.4 Å². The Morgan fingerprint density at radius 1 is 1.19 bits per heavy atom. The molecular formula is C21H27ClN2O2. The van der Waals surface area contributed by atoms with Crippen LogP contribution in [0.1, 0.15) is 31.7 Å². The van der Waals surface area contributed by atoms with Crippen LogP contribution < -0.4 is 10.1 Å². The standard InChI is InChI=1S/C21H27ClN2O2/c1-4-16(2)19-7-5-6-8-20(19)23-21(25)15-24(3)13-14-26-18-11-9-17(22)10-12-18/h5-12,16H,4,13-15H2,1-3H3,(H,23,25)/t16-/m0/s1. The molecule has 0 bridgehead atoms. The largest absolute Gasteiger partial charge is 0.492 e. The normalized spacial score (nSPS) is 12.0. The number of carbonyl (C=O) groups excluding carboxylic acids is 1. The number of hydrogen-bond acceptors (Lipinski definition) is 3. The van der Waals surface area contributed by atoms with E-state index in [1.807, 2.05) is 42.3 Å². The number of likely N-dealkylation sites (N-methyl/N-ethyl adjacent to an activating group) is 1. The van der Waals surface area contributed by atoms with Crippen molar-refractivity contribution in [2.45, 2.75) is 26.2 Å². The summed E-state index contributed by atoms with van der Waals surface area (Å²) in [5.74, 6) is 1.17. The highest BCUT2D eigenvalue weighted by Crippen LogP contribution is 2.26. The Balaban J connectivity index is 1.79. The second-order valence-corrected chi connectivity index (χ2v) is 6.92. The summed E-state index contributed by atoms with van der Waals surface area (Å²) in [6.45, 7) is 5.81. The van der Waals surface area contributed by atoms with Crippen molar-refractivity contribution in [3.63, 3.8) is 0 Å². The summed E-state index contributed by atoms with van der Waals surface area (Å²) in [6.07, 6.45) is 1.04. The van der Waals surface area contributed by atoms with Gasteiger partial charge in [0.15, 0.2) is 0 Å². The fourth-order valence-electron chi connectivity index (χ4n) is 2.62. The van der Waals surface area contributed by atoms with E-state index in [2.05, 4.69) is 25.2 Å². The topological polar surface area (TPSA) is 41.6 Å². The van der Waals surface area contributed by atoms with Crippen LogP contribution in [0.4, 0.5) is 5.69 Å². The van der Waals surface area contributed by atoms with Crippen molar-refractivity contribution in [1.29, 1.82) is 0 Å². The van der Waals surface area contributed by atoms with Crippen molar-refractivity contribution < 1.29 is 9.53 Å². The Hall–Kier alpha value is -2.04. The van der Waals surface area contributed by atoms with Crippen molar-refractivity contribution in [3.8, 4) is 5.75 Å². The smallest absolute Gasteiger partial charge is 0.238 e. The van der Waals surface area contributed by atoms with Crippen molar-refractivity contribution in [1.82, 2.24) is 4.90 Å². The molecule has 0 unspecified atom stereocenters. The van der Waals surface area contributed by atoms with E-state index in [1.54, 1.807) is 12.1 Å². The first-order chi connectivity index (χ1) is 12.5. The van der Waals surface area contributed by atoms with Gasteiger partial charge < -0.3 is 10.1 Å². The lowest BCUT2D eigenvalue weighted by Gasteiger charge is -2.19. The maximum atomic E-state index is 12.3. The van der Waals surface area contributed by atoms with Gasteiger partial charge >= 0.3 is 0 Å². The molecule has 0 spiro atoms. The number of nitrogens with zero attached hydrogens (tertiary/aromatic N) is 1. The molecule has 0 aliphatic heterocycles. The second kappa shape index (κ2) is 10.2. The van der Waals surface area contributed by atoms with Crippen LogP contribution in [0, 0.1) is 0 Å². The summed E-state index contributed by atoms with van der Waals surface area (Å²) in [6, 6.07) is 15.3. The number of anilines is 1. The zero-order chi connectivity index (χ0) is 18.9. The van der Waals surface area contributed by atoms with Gasteiger partial charge in [0.2, 0.25) is 5.91 Å².